The summed E-state index contributed by atoms with van der Waals surface area (Å²) in [5, 5.41) is 5.96. The highest BCUT2D eigenvalue weighted by Gasteiger charge is 2.54. The summed E-state index contributed by atoms with van der Waals surface area (Å²) >= 11 is 0. The van der Waals surface area contributed by atoms with E-state index in [0.29, 0.717) is 6.54 Å². The Morgan fingerprint density at radius 3 is 2.41 bits per heavy atom. The van der Waals surface area contributed by atoms with Crippen LogP contribution in [0.25, 0.3) is 0 Å². The maximum absolute atomic E-state index is 12.9. The van der Waals surface area contributed by atoms with Gasteiger partial charge in [0.15, 0.2) is 0 Å². The van der Waals surface area contributed by atoms with Gasteiger partial charge in [-0.05, 0) is 53.6 Å². The number of hydrogen-bond acceptors (Lipinski definition) is 3. The van der Waals surface area contributed by atoms with Crippen LogP contribution in [0.1, 0.15) is 55.1 Å². The van der Waals surface area contributed by atoms with Crippen LogP contribution in [0.15, 0.2) is 48.5 Å². The molecule has 6 heteroatoms. The number of carbonyl (C=O) groups is 2. The molecular formula is C26H33N3O3. The molecule has 3 amide bonds. The van der Waals surface area contributed by atoms with E-state index >= 15 is 0 Å². The Kier molecular flexibility index (Phi) is 5.89. The molecule has 2 fully saturated rings. The van der Waals surface area contributed by atoms with Crippen molar-refractivity contribution in [2.45, 2.75) is 51.6 Å². The molecule has 2 aromatic carbocycles. The quantitative estimate of drug-likeness (QED) is 0.743. The van der Waals surface area contributed by atoms with Gasteiger partial charge in [-0.15, -0.1) is 0 Å². The van der Waals surface area contributed by atoms with Crippen LogP contribution < -0.4 is 15.4 Å². The zero-order valence-corrected chi connectivity index (χ0v) is 19.4. The summed E-state index contributed by atoms with van der Waals surface area (Å²) < 4.78 is 5.15. The topological polar surface area (TPSA) is 70.7 Å². The molecule has 1 aliphatic carbocycles. The van der Waals surface area contributed by atoms with Crippen LogP contribution >= 0.6 is 0 Å². The summed E-state index contributed by atoms with van der Waals surface area (Å²) in [4.78, 5) is 27.0. The van der Waals surface area contributed by atoms with E-state index in [1.807, 2.05) is 47.4 Å². The predicted molar refractivity (Wildman–Crippen MR) is 125 cm³/mol. The van der Waals surface area contributed by atoms with Gasteiger partial charge in [0.25, 0.3) is 5.91 Å². The predicted octanol–water partition coefficient (Wildman–Crippen LogP) is 4.10. The number of nitrogens with zero attached hydrogens (tertiary/aromatic N) is 1. The highest BCUT2D eigenvalue weighted by atomic mass is 16.5. The number of nitrogens with one attached hydrogen (secondary N) is 2. The van der Waals surface area contributed by atoms with E-state index in [1.54, 1.807) is 7.11 Å². The molecule has 2 aliphatic rings. The van der Waals surface area contributed by atoms with Gasteiger partial charge in [0, 0.05) is 36.7 Å². The maximum Gasteiger partial charge on any atom is 0.315 e. The second-order valence-corrected chi connectivity index (χ2v) is 10.3. The van der Waals surface area contributed by atoms with E-state index in [9.17, 15) is 9.59 Å². The van der Waals surface area contributed by atoms with Crippen LogP contribution in [-0.4, -0.2) is 43.1 Å². The lowest BCUT2D eigenvalue weighted by molar-refractivity contribution is -0.0585. The fourth-order valence-electron chi connectivity index (χ4n) is 4.72. The summed E-state index contributed by atoms with van der Waals surface area (Å²) in [7, 11) is 1.63. The van der Waals surface area contributed by atoms with Crippen molar-refractivity contribution in [1.82, 2.24) is 15.5 Å². The Balaban J connectivity index is 1.20. The molecule has 1 spiro atoms. The van der Waals surface area contributed by atoms with Gasteiger partial charge in [0.05, 0.1) is 7.11 Å². The van der Waals surface area contributed by atoms with Gasteiger partial charge in [-0.25, -0.2) is 4.79 Å². The molecule has 32 heavy (non-hydrogen) atoms. The third-order valence-corrected chi connectivity index (χ3v) is 6.62. The number of rotatable bonds is 5. The summed E-state index contributed by atoms with van der Waals surface area (Å²) in [6, 6.07) is 15.6. The number of urea groups is 1. The molecule has 0 aromatic heterocycles. The van der Waals surface area contributed by atoms with Crippen molar-refractivity contribution in [2.75, 3.05) is 20.2 Å². The number of likely N-dealkylation sites (tertiary alicyclic amines) is 1. The van der Waals surface area contributed by atoms with Gasteiger partial charge in [-0.3, -0.25) is 4.79 Å². The van der Waals surface area contributed by atoms with Crippen LogP contribution in [-0.2, 0) is 12.0 Å². The molecule has 1 saturated carbocycles. The third kappa shape index (κ3) is 4.74. The largest absolute Gasteiger partial charge is 0.497 e. The van der Waals surface area contributed by atoms with Gasteiger partial charge in [-0.2, -0.15) is 0 Å². The van der Waals surface area contributed by atoms with Crippen LogP contribution in [0.4, 0.5) is 4.79 Å². The molecule has 170 valence electrons. The molecule has 1 heterocycles. The highest BCUT2D eigenvalue weighted by molar-refractivity contribution is 5.95. The van der Waals surface area contributed by atoms with E-state index in [0.717, 1.165) is 42.8 Å². The molecule has 0 radical (unpaired) electrons. The standard InChI is InChI=1S/C26H33N3O3/c1-25(2,3)20-7-5-6-19(12-20)23(30)29-16-26(17-29)13-21(14-26)28-24(31)27-15-18-8-10-22(32-4)11-9-18/h5-12,21H,13-17H2,1-4H3,(H2,27,28,31). The Hall–Kier alpha value is -3.02. The first-order chi connectivity index (χ1) is 15.2. The molecule has 0 bridgehead atoms. The zero-order valence-electron chi connectivity index (χ0n) is 19.4. The SMILES string of the molecule is COc1ccc(CNC(=O)NC2CC3(C2)CN(C(=O)c2cccc(C(C)(C)C)c2)C3)cc1. The first-order valence-corrected chi connectivity index (χ1v) is 11.2. The molecule has 2 N–H and O–H groups in total. The lowest BCUT2D eigenvalue weighted by Gasteiger charge is -2.59. The Morgan fingerprint density at radius 2 is 1.78 bits per heavy atom. The highest BCUT2D eigenvalue weighted by Crippen LogP contribution is 2.48. The number of methoxy groups -OCH3 is 1. The van der Waals surface area contributed by atoms with Gasteiger partial charge in [0.1, 0.15) is 5.75 Å². The van der Waals surface area contributed by atoms with E-state index in [-0.39, 0.29) is 28.8 Å². The number of benzene rings is 2. The van der Waals surface area contributed by atoms with Crippen molar-refractivity contribution in [3.05, 3.63) is 65.2 Å². The minimum Gasteiger partial charge on any atom is -0.497 e. The van der Waals surface area contributed by atoms with Crippen molar-refractivity contribution >= 4 is 11.9 Å². The first kappa shape index (κ1) is 22.2. The Bertz CT molecular complexity index is 980. The molecule has 0 atom stereocenters. The van der Waals surface area contributed by atoms with Gasteiger partial charge < -0.3 is 20.3 Å². The molecule has 4 rings (SSSR count). The smallest absolute Gasteiger partial charge is 0.315 e. The average Bonchev–Trinajstić information content (AvgIpc) is 2.72. The van der Waals surface area contributed by atoms with Crippen molar-refractivity contribution in [3.63, 3.8) is 0 Å². The van der Waals surface area contributed by atoms with E-state index in [2.05, 4.69) is 37.5 Å². The monoisotopic (exact) mass is 435 g/mol. The summed E-state index contributed by atoms with van der Waals surface area (Å²) in [5.41, 5.74) is 3.15. The fraction of sp³-hybridized carbons (Fsp3) is 0.462. The van der Waals surface area contributed by atoms with E-state index in [4.69, 9.17) is 4.74 Å². The van der Waals surface area contributed by atoms with Gasteiger partial charge in [0.2, 0.25) is 0 Å². The fourth-order valence-corrected chi connectivity index (χ4v) is 4.72. The van der Waals surface area contributed by atoms with Crippen LogP contribution in [0, 0.1) is 5.41 Å². The average molecular weight is 436 g/mol. The number of carbonyl (C=O) groups excluding carboxylic acids is 2. The molecule has 0 unspecified atom stereocenters. The zero-order chi connectivity index (χ0) is 22.9. The molecule has 1 aliphatic heterocycles. The van der Waals surface area contributed by atoms with Crippen LogP contribution in [0.5, 0.6) is 5.75 Å². The number of ether oxygens (including phenoxy) is 1. The molecule has 1 saturated heterocycles. The lowest BCUT2D eigenvalue weighted by atomic mass is 9.60. The third-order valence-electron chi connectivity index (χ3n) is 6.62. The molecule has 6 nitrogen and oxygen atoms in total. The van der Waals surface area contributed by atoms with Crippen molar-refractivity contribution in [3.8, 4) is 5.75 Å². The summed E-state index contributed by atoms with van der Waals surface area (Å²) in [6.45, 7) is 8.50. The van der Waals surface area contributed by atoms with E-state index < -0.39 is 0 Å². The molecular weight excluding hydrogens is 402 g/mol. The van der Waals surface area contributed by atoms with Crippen molar-refractivity contribution in [2.24, 2.45) is 5.41 Å². The second-order valence-electron chi connectivity index (χ2n) is 10.3. The summed E-state index contributed by atoms with van der Waals surface area (Å²) in [6.07, 6.45) is 1.85. The number of amides is 3. The number of hydrogen-bond donors (Lipinski definition) is 2. The second kappa shape index (κ2) is 8.49. The first-order valence-electron chi connectivity index (χ1n) is 11.2. The Labute approximate surface area is 190 Å². The van der Waals surface area contributed by atoms with Crippen molar-refractivity contribution in [1.29, 1.82) is 0 Å². The normalized spacial score (nSPS) is 17.3. The Morgan fingerprint density at radius 1 is 1.09 bits per heavy atom. The minimum atomic E-state index is -0.146. The van der Waals surface area contributed by atoms with Crippen LogP contribution in [0.2, 0.25) is 0 Å². The lowest BCUT2D eigenvalue weighted by Crippen LogP contribution is -2.67. The van der Waals surface area contributed by atoms with Gasteiger partial charge in [-0.1, -0.05) is 45.0 Å². The van der Waals surface area contributed by atoms with Crippen LogP contribution in [0.3, 0.4) is 0 Å². The van der Waals surface area contributed by atoms with E-state index in [1.165, 1.54) is 5.56 Å². The molecule has 2 aromatic rings. The summed E-state index contributed by atoms with van der Waals surface area (Å²) in [5.74, 6) is 0.906. The maximum atomic E-state index is 12.9. The van der Waals surface area contributed by atoms with Gasteiger partial charge >= 0.3 is 6.03 Å². The minimum absolute atomic E-state index is 0.0211. The van der Waals surface area contributed by atoms with Crippen molar-refractivity contribution < 1.29 is 14.3 Å².